The van der Waals surface area contributed by atoms with Crippen molar-refractivity contribution in [3.63, 3.8) is 0 Å². The second-order valence-corrected chi connectivity index (χ2v) is 8.08. The van der Waals surface area contributed by atoms with Gasteiger partial charge in [-0.1, -0.05) is 25.1 Å². The average molecular weight is 351 g/mol. The Labute approximate surface area is 141 Å². The van der Waals surface area contributed by atoms with E-state index in [1.807, 2.05) is 13.8 Å². The summed E-state index contributed by atoms with van der Waals surface area (Å²) in [7, 11) is -0.659. The summed E-state index contributed by atoms with van der Waals surface area (Å²) in [4.78, 5) is 12.7. The number of amides is 1. The van der Waals surface area contributed by atoms with E-state index in [-0.39, 0.29) is 16.7 Å². The highest BCUT2D eigenvalue weighted by Gasteiger charge is 2.23. The van der Waals surface area contributed by atoms with Gasteiger partial charge in [0, 0.05) is 25.7 Å². The summed E-state index contributed by atoms with van der Waals surface area (Å²) < 4.78 is 30.7. The molecule has 0 saturated carbocycles. The van der Waals surface area contributed by atoms with Gasteiger partial charge in [-0.2, -0.15) is 0 Å². The highest BCUT2D eigenvalue weighted by atomic mass is 32.2. The molecule has 0 unspecified atom stereocenters. The van der Waals surface area contributed by atoms with E-state index in [1.54, 1.807) is 19.1 Å². The van der Waals surface area contributed by atoms with E-state index < -0.39 is 10.0 Å². The molecule has 0 fully saturated rings. The van der Waals surface area contributed by atoms with Crippen LogP contribution in [0.3, 0.4) is 0 Å². The Kier molecular flexibility index (Phi) is 5.10. The average Bonchev–Trinajstić information content (AvgIpc) is 2.89. The summed E-state index contributed by atoms with van der Waals surface area (Å²) in [5, 5.41) is 6.55. The fraction of sp³-hybridized carbons (Fsp3) is 0.375. The third kappa shape index (κ3) is 3.49. The molecule has 1 amide bonds. The third-order valence-electron chi connectivity index (χ3n) is 3.51. The summed E-state index contributed by atoms with van der Waals surface area (Å²) >= 11 is 0. The molecule has 2 aromatic rings. The molecule has 0 atom stereocenters. The van der Waals surface area contributed by atoms with Gasteiger partial charge in [-0.3, -0.25) is 4.79 Å². The van der Waals surface area contributed by atoms with E-state index in [9.17, 15) is 13.2 Å². The monoisotopic (exact) mass is 351 g/mol. The molecule has 0 saturated heterocycles. The molecule has 24 heavy (non-hydrogen) atoms. The van der Waals surface area contributed by atoms with Crippen LogP contribution >= 0.6 is 0 Å². The summed E-state index contributed by atoms with van der Waals surface area (Å²) in [5.41, 5.74) is 1.26. The van der Waals surface area contributed by atoms with Crippen molar-refractivity contribution in [2.75, 3.05) is 19.4 Å². The standard InChI is InChI=1S/C16H21N3O4S/c1-10(2)15-14(11(3)18-23-15)16(20)17-12-7-6-8-13(9-12)24(21,22)19(4)5/h6-10H,1-5H3,(H,17,20). The van der Waals surface area contributed by atoms with E-state index in [2.05, 4.69) is 10.5 Å². The molecule has 2 rings (SSSR count). The van der Waals surface area contributed by atoms with Crippen LogP contribution in [0.4, 0.5) is 5.69 Å². The topological polar surface area (TPSA) is 92.5 Å². The summed E-state index contributed by atoms with van der Waals surface area (Å²) in [6, 6.07) is 6.11. The Morgan fingerprint density at radius 3 is 2.54 bits per heavy atom. The zero-order chi connectivity index (χ0) is 18.1. The van der Waals surface area contributed by atoms with Crippen molar-refractivity contribution in [3.05, 3.63) is 41.3 Å². The molecule has 1 aromatic carbocycles. The SMILES string of the molecule is Cc1noc(C(C)C)c1C(=O)Nc1cccc(S(=O)(=O)N(C)C)c1. The van der Waals surface area contributed by atoms with Crippen LogP contribution in [0, 0.1) is 6.92 Å². The lowest BCUT2D eigenvalue weighted by atomic mass is 10.0. The van der Waals surface area contributed by atoms with Gasteiger partial charge in [-0.15, -0.1) is 0 Å². The van der Waals surface area contributed by atoms with Crippen molar-refractivity contribution >= 4 is 21.6 Å². The summed E-state index contributed by atoms with van der Waals surface area (Å²) in [5.74, 6) is 0.131. The zero-order valence-corrected chi connectivity index (χ0v) is 15.1. The molecule has 7 nitrogen and oxygen atoms in total. The number of carbonyl (C=O) groups is 1. The lowest BCUT2D eigenvalue weighted by molar-refractivity contribution is 0.102. The highest BCUT2D eigenvalue weighted by molar-refractivity contribution is 7.89. The molecule has 1 aromatic heterocycles. The van der Waals surface area contributed by atoms with Crippen LogP contribution < -0.4 is 5.32 Å². The van der Waals surface area contributed by atoms with Gasteiger partial charge in [0.05, 0.1) is 10.6 Å². The largest absolute Gasteiger partial charge is 0.360 e. The number of rotatable bonds is 5. The second kappa shape index (κ2) is 6.74. The number of aromatic nitrogens is 1. The van der Waals surface area contributed by atoms with Crippen LogP contribution in [0.1, 0.15) is 41.6 Å². The van der Waals surface area contributed by atoms with E-state index in [4.69, 9.17) is 4.52 Å². The fourth-order valence-corrected chi connectivity index (χ4v) is 3.14. The first-order chi connectivity index (χ1) is 11.1. The first-order valence-electron chi connectivity index (χ1n) is 7.44. The molecular formula is C16H21N3O4S. The van der Waals surface area contributed by atoms with Crippen molar-refractivity contribution in [1.29, 1.82) is 0 Å². The minimum atomic E-state index is -3.57. The van der Waals surface area contributed by atoms with Gasteiger partial charge in [-0.25, -0.2) is 12.7 Å². The first kappa shape index (κ1) is 18.2. The minimum absolute atomic E-state index is 0.00685. The Morgan fingerprint density at radius 1 is 1.29 bits per heavy atom. The fourth-order valence-electron chi connectivity index (χ4n) is 2.20. The second-order valence-electron chi connectivity index (χ2n) is 5.93. The van der Waals surface area contributed by atoms with Crippen LogP contribution in [0.5, 0.6) is 0 Å². The number of carbonyl (C=O) groups excluding carboxylic acids is 1. The van der Waals surface area contributed by atoms with E-state index in [0.29, 0.717) is 22.7 Å². The predicted octanol–water partition coefficient (Wildman–Crippen LogP) is 2.61. The number of nitrogens with zero attached hydrogens (tertiary/aromatic N) is 2. The molecule has 0 aliphatic carbocycles. The van der Waals surface area contributed by atoms with Crippen LogP contribution in [-0.4, -0.2) is 37.9 Å². The molecule has 1 heterocycles. The molecule has 8 heteroatoms. The van der Waals surface area contributed by atoms with Crippen LogP contribution in [0.2, 0.25) is 0 Å². The smallest absolute Gasteiger partial charge is 0.261 e. The highest BCUT2D eigenvalue weighted by Crippen LogP contribution is 2.24. The van der Waals surface area contributed by atoms with E-state index >= 15 is 0 Å². The quantitative estimate of drug-likeness (QED) is 0.894. The first-order valence-corrected chi connectivity index (χ1v) is 8.88. The van der Waals surface area contributed by atoms with Crippen molar-refractivity contribution in [1.82, 2.24) is 9.46 Å². The maximum absolute atomic E-state index is 12.5. The Morgan fingerprint density at radius 2 is 1.96 bits per heavy atom. The van der Waals surface area contributed by atoms with Crippen molar-refractivity contribution in [3.8, 4) is 0 Å². The summed E-state index contributed by atoms with van der Waals surface area (Å²) in [6.45, 7) is 5.50. The number of anilines is 1. The van der Waals surface area contributed by atoms with Gasteiger partial charge in [0.15, 0.2) is 5.76 Å². The molecular weight excluding hydrogens is 330 g/mol. The Bertz CT molecular complexity index is 854. The van der Waals surface area contributed by atoms with E-state index in [1.165, 1.54) is 26.2 Å². The maximum atomic E-state index is 12.5. The van der Waals surface area contributed by atoms with Gasteiger partial charge in [-0.05, 0) is 25.1 Å². The Balaban J connectivity index is 2.33. The normalized spacial score (nSPS) is 12.0. The van der Waals surface area contributed by atoms with Gasteiger partial charge in [0.2, 0.25) is 10.0 Å². The molecule has 0 aliphatic rings. The van der Waals surface area contributed by atoms with E-state index in [0.717, 1.165) is 4.31 Å². The molecule has 0 aliphatic heterocycles. The van der Waals surface area contributed by atoms with Gasteiger partial charge in [0.1, 0.15) is 5.56 Å². The number of nitrogens with one attached hydrogen (secondary N) is 1. The number of sulfonamides is 1. The van der Waals surface area contributed by atoms with Gasteiger partial charge in [0.25, 0.3) is 5.91 Å². The summed E-state index contributed by atoms with van der Waals surface area (Å²) in [6.07, 6.45) is 0. The zero-order valence-electron chi connectivity index (χ0n) is 14.3. The van der Waals surface area contributed by atoms with Crippen LogP contribution in [0.25, 0.3) is 0 Å². The van der Waals surface area contributed by atoms with Crippen LogP contribution in [0.15, 0.2) is 33.7 Å². The lowest BCUT2D eigenvalue weighted by Crippen LogP contribution is -2.22. The number of aryl methyl sites for hydroxylation is 1. The molecule has 0 bridgehead atoms. The predicted molar refractivity (Wildman–Crippen MR) is 90.6 cm³/mol. The van der Waals surface area contributed by atoms with Crippen molar-refractivity contribution in [2.45, 2.75) is 31.6 Å². The van der Waals surface area contributed by atoms with Gasteiger partial charge >= 0.3 is 0 Å². The molecule has 130 valence electrons. The Hall–Kier alpha value is -2.19. The molecule has 0 spiro atoms. The van der Waals surface area contributed by atoms with Crippen molar-refractivity contribution in [2.24, 2.45) is 0 Å². The number of hydrogen-bond donors (Lipinski definition) is 1. The van der Waals surface area contributed by atoms with Crippen LogP contribution in [-0.2, 0) is 10.0 Å². The lowest BCUT2D eigenvalue weighted by Gasteiger charge is -2.13. The molecule has 1 N–H and O–H groups in total. The minimum Gasteiger partial charge on any atom is -0.360 e. The van der Waals surface area contributed by atoms with Gasteiger partial charge < -0.3 is 9.84 Å². The van der Waals surface area contributed by atoms with Crippen molar-refractivity contribution < 1.29 is 17.7 Å². The third-order valence-corrected chi connectivity index (χ3v) is 5.32. The number of benzene rings is 1. The maximum Gasteiger partial charge on any atom is 0.261 e. The molecule has 0 radical (unpaired) electrons. The number of hydrogen-bond acceptors (Lipinski definition) is 5.